The number of ether oxygens (including phenoxy) is 2. The Labute approximate surface area is 160 Å². The van der Waals surface area contributed by atoms with Crippen molar-refractivity contribution >= 4 is 17.5 Å². The lowest BCUT2D eigenvalue weighted by molar-refractivity contribution is 0.0773. The Bertz CT molecular complexity index is 755. The van der Waals surface area contributed by atoms with Crippen LogP contribution in [0.4, 0.5) is 5.69 Å². The second-order valence-corrected chi connectivity index (χ2v) is 5.85. The van der Waals surface area contributed by atoms with E-state index < -0.39 is 0 Å². The predicted molar refractivity (Wildman–Crippen MR) is 105 cm³/mol. The first-order valence-corrected chi connectivity index (χ1v) is 9.02. The maximum atomic E-state index is 12.6. The number of benzene rings is 2. The molecule has 0 unspecified atom stereocenters. The zero-order valence-corrected chi connectivity index (χ0v) is 16.0. The monoisotopic (exact) mass is 370 g/mol. The number of carbonyl (C=O) groups is 2. The van der Waals surface area contributed by atoms with Crippen LogP contribution in [0.15, 0.2) is 48.5 Å². The van der Waals surface area contributed by atoms with Gasteiger partial charge in [0.25, 0.3) is 11.8 Å². The summed E-state index contributed by atoms with van der Waals surface area (Å²) in [6, 6.07) is 13.9. The van der Waals surface area contributed by atoms with Gasteiger partial charge in [-0.3, -0.25) is 9.59 Å². The molecule has 0 atom stereocenters. The normalized spacial score (nSPS) is 10.3. The molecule has 144 valence electrons. The molecular formula is C21H26N2O4. The number of hydrogen-bond acceptors (Lipinski definition) is 4. The Hall–Kier alpha value is -2.86. The molecule has 0 aromatic heterocycles. The Morgan fingerprint density at radius 1 is 0.963 bits per heavy atom. The standard InChI is InChI=1S/C21H26N2O4/c1-4-23(5-2)21(25)16-10-12-17(13-11-16)22-20(24)18-8-6-7-9-19(18)27-15-14-26-3/h6-13H,4-5,14-15H2,1-3H3,(H,22,24). The number of rotatable bonds is 9. The average Bonchev–Trinajstić information content (AvgIpc) is 2.70. The van der Waals surface area contributed by atoms with Crippen LogP contribution in [0.2, 0.25) is 0 Å². The Morgan fingerprint density at radius 2 is 1.63 bits per heavy atom. The van der Waals surface area contributed by atoms with Crippen molar-refractivity contribution in [3.8, 4) is 5.75 Å². The van der Waals surface area contributed by atoms with E-state index in [4.69, 9.17) is 9.47 Å². The number of carbonyl (C=O) groups excluding carboxylic acids is 2. The summed E-state index contributed by atoms with van der Waals surface area (Å²) in [5, 5.41) is 2.84. The summed E-state index contributed by atoms with van der Waals surface area (Å²) >= 11 is 0. The third kappa shape index (κ3) is 5.56. The van der Waals surface area contributed by atoms with Crippen molar-refractivity contribution in [1.82, 2.24) is 4.90 Å². The fraction of sp³-hybridized carbons (Fsp3) is 0.333. The lowest BCUT2D eigenvalue weighted by atomic mass is 10.1. The molecule has 0 aliphatic heterocycles. The topological polar surface area (TPSA) is 67.9 Å². The van der Waals surface area contributed by atoms with Gasteiger partial charge < -0.3 is 19.7 Å². The van der Waals surface area contributed by atoms with Crippen molar-refractivity contribution in [2.75, 3.05) is 38.7 Å². The first-order valence-electron chi connectivity index (χ1n) is 9.02. The number of para-hydroxylation sites is 1. The summed E-state index contributed by atoms with van der Waals surface area (Å²) in [6.45, 7) is 6.02. The number of amides is 2. The van der Waals surface area contributed by atoms with Gasteiger partial charge in [-0.05, 0) is 50.2 Å². The van der Waals surface area contributed by atoms with Crippen molar-refractivity contribution in [2.24, 2.45) is 0 Å². The Morgan fingerprint density at radius 3 is 2.26 bits per heavy atom. The minimum Gasteiger partial charge on any atom is -0.490 e. The number of methoxy groups -OCH3 is 1. The van der Waals surface area contributed by atoms with Gasteiger partial charge in [0, 0.05) is 31.5 Å². The van der Waals surface area contributed by atoms with Crippen molar-refractivity contribution in [2.45, 2.75) is 13.8 Å². The maximum Gasteiger partial charge on any atom is 0.259 e. The van der Waals surface area contributed by atoms with E-state index in [1.165, 1.54) is 0 Å². The van der Waals surface area contributed by atoms with E-state index >= 15 is 0 Å². The van der Waals surface area contributed by atoms with E-state index in [2.05, 4.69) is 5.32 Å². The van der Waals surface area contributed by atoms with Gasteiger partial charge in [0.05, 0.1) is 12.2 Å². The molecule has 0 fully saturated rings. The van der Waals surface area contributed by atoms with Gasteiger partial charge in [0.2, 0.25) is 0 Å². The van der Waals surface area contributed by atoms with Gasteiger partial charge in [0.1, 0.15) is 12.4 Å². The third-order valence-corrected chi connectivity index (χ3v) is 4.12. The number of nitrogens with zero attached hydrogens (tertiary/aromatic N) is 1. The number of nitrogens with one attached hydrogen (secondary N) is 1. The van der Waals surface area contributed by atoms with Gasteiger partial charge in [-0.2, -0.15) is 0 Å². The van der Waals surface area contributed by atoms with Gasteiger partial charge in [-0.1, -0.05) is 12.1 Å². The van der Waals surface area contributed by atoms with Crippen molar-refractivity contribution < 1.29 is 19.1 Å². The second kappa shape index (κ2) is 10.3. The minimum atomic E-state index is -0.272. The third-order valence-electron chi connectivity index (χ3n) is 4.12. The van der Waals surface area contributed by atoms with Crippen LogP contribution < -0.4 is 10.1 Å². The summed E-state index contributed by atoms with van der Waals surface area (Å²) in [5.74, 6) is 0.209. The molecule has 0 saturated heterocycles. The fourth-order valence-electron chi connectivity index (χ4n) is 2.60. The summed E-state index contributed by atoms with van der Waals surface area (Å²) in [7, 11) is 1.59. The molecule has 27 heavy (non-hydrogen) atoms. The fourth-order valence-corrected chi connectivity index (χ4v) is 2.60. The minimum absolute atomic E-state index is 0.0187. The lowest BCUT2D eigenvalue weighted by Crippen LogP contribution is -2.30. The summed E-state index contributed by atoms with van der Waals surface area (Å²) in [5.41, 5.74) is 1.65. The molecule has 2 rings (SSSR count). The van der Waals surface area contributed by atoms with Crippen LogP contribution in [-0.4, -0.2) is 50.1 Å². The highest BCUT2D eigenvalue weighted by Gasteiger charge is 2.14. The Kier molecular flexibility index (Phi) is 7.82. The molecule has 2 aromatic rings. The first-order chi connectivity index (χ1) is 13.1. The molecule has 2 aromatic carbocycles. The summed E-state index contributed by atoms with van der Waals surface area (Å²) in [4.78, 5) is 26.7. The van der Waals surface area contributed by atoms with Crippen molar-refractivity contribution in [1.29, 1.82) is 0 Å². The molecule has 0 aliphatic rings. The van der Waals surface area contributed by atoms with Crippen LogP contribution in [-0.2, 0) is 4.74 Å². The van der Waals surface area contributed by atoms with Crippen LogP contribution in [0.25, 0.3) is 0 Å². The quantitative estimate of drug-likeness (QED) is 0.687. The smallest absolute Gasteiger partial charge is 0.259 e. The number of hydrogen-bond donors (Lipinski definition) is 1. The zero-order chi connectivity index (χ0) is 19.6. The van der Waals surface area contributed by atoms with Crippen LogP contribution >= 0.6 is 0 Å². The molecule has 0 saturated carbocycles. The molecule has 0 spiro atoms. The van der Waals surface area contributed by atoms with E-state index in [1.54, 1.807) is 54.5 Å². The largest absolute Gasteiger partial charge is 0.490 e. The Balaban J connectivity index is 2.07. The SMILES string of the molecule is CCN(CC)C(=O)c1ccc(NC(=O)c2ccccc2OCCOC)cc1. The zero-order valence-electron chi connectivity index (χ0n) is 16.0. The van der Waals surface area contributed by atoms with E-state index in [-0.39, 0.29) is 11.8 Å². The molecule has 1 N–H and O–H groups in total. The van der Waals surface area contributed by atoms with E-state index in [1.807, 2.05) is 19.9 Å². The van der Waals surface area contributed by atoms with E-state index in [0.717, 1.165) is 0 Å². The summed E-state index contributed by atoms with van der Waals surface area (Å²) < 4.78 is 10.6. The molecule has 0 aliphatic carbocycles. The second-order valence-electron chi connectivity index (χ2n) is 5.85. The van der Waals surface area contributed by atoms with Crippen LogP contribution in [0.1, 0.15) is 34.6 Å². The van der Waals surface area contributed by atoms with E-state index in [0.29, 0.717) is 48.9 Å². The highest BCUT2D eigenvalue weighted by atomic mass is 16.5. The van der Waals surface area contributed by atoms with Gasteiger partial charge in [0.15, 0.2) is 0 Å². The van der Waals surface area contributed by atoms with E-state index in [9.17, 15) is 9.59 Å². The highest BCUT2D eigenvalue weighted by molar-refractivity contribution is 6.06. The van der Waals surface area contributed by atoms with Crippen LogP contribution in [0.3, 0.4) is 0 Å². The van der Waals surface area contributed by atoms with Gasteiger partial charge in [-0.25, -0.2) is 0 Å². The van der Waals surface area contributed by atoms with Crippen LogP contribution in [0, 0.1) is 0 Å². The maximum absolute atomic E-state index is 12.6. The molecule has 2 amide bonds. The molecule has 6 nitrogen and oxygen atoms in total. The molecular weight excluding hydrogens is 344 g/mol. The summed E-state index contributed by atoms with van der Waals surface area (Å²) in [6.07, 6.45) is 0. The first kappa shape index (κ1) is 20.5. The molecule has 0 radical (unpaired) electrons. The predicted octanol–water partition coefficient (Wildman–Crippen LogP) is 3.45. The van der Waals surface area contributed by atoms with Gasteiger partial charge >= 0.3 is 0 Å². The molecule has 0 heterocycles. The average molecular weight is 370 g/mol. The number of anilines is 1. The van der Waals surface area contributed by atoms with Crippen molar-refractivity contribution in [3.05, 3.63) is 59.7 Å². The van der Waals surface area contributed by atoms with Crippen molar-refractivity contribution in [3.63, 3.8) is 0 Å². The van der Waals surface area contributed by atoms with Crippen LogP contribution in [0.5, 0.6) is 5.75 Å². The molecule has 0 bridgehead atoms. The molecule has 6 heteroatoms. The lowest BCUT2D eigenvalue weighted by Gasteiger charge is -2.18. The highest BCUT2D eigenvalue weighted by Crippen LogP contribution is 2.20. The van der Waals surface area contributed by atoms with Gasteiger partial charge in [-0.15, -0.1) is 0 Å².